The fourth-order valence-electron chi connectivity index (χ4n) is 0.883. The lowest BCUT2D eigenvalue weighted by Crippen LogP contribution is -2.13. The Morgan fingerprint density at radius 1 is 1.33 bits per heavy atom. The zero-order chi connectivity index (χ0) is 8.97. The molecular weight excluding hydrogens is 148 g/mol. The third-order valence-electron chi connectivity index (χ3n) is 1.52. The van der Waals surface area contributed by atoms with Gasteiger partial charge in [-0.05, 0) is 25.7 Å². The maximum absolute atomic E-state index is 4.37. The summed E-state index contributed by atoms with van der Waals surface area (Å²) in [5, 5.41) is 0. The molecule has 0 aliphatic heterocycles. The summed E-state index contributed by atoms with van der Waals surface area (Å²) in [6.45, 7) is 4.60. The summed E-state index contributed by atoms with van der Waals surface area (Å²) < 4.78 is 0. The molecule has 0 saturated heterocycles. The van der Waals surface area contributed by atoms with Crippen molar-refractivity contribution >= 4 is 5.71 Å². The van der Waals surface area contributed by atoms with E-state index in [0.29, 0.717) is 6.67 Å². The Morgan fingerprint density at radius 2 is 2.00 bits per heavy atom. The summed E-state index contributed by atoms with van der Waals surface area (Å²) in [6, 6.07) is 0. The maximum atomic E-state index is 4.37. The molecule has 0 aromatic carbocycles. The summed E-state index contributed by atoms with van der Waals surface area (Å²) >= 11 is 0. The number of nitrogens with zero attached hydrogens (tertiary/aromatic N) is 2. The molecule has 1 rings (SSSR count). The van der Waals surface area contributed by atoms with Crippen LogP contribution in [0.25, 0.3) is 0 Å². The topological polar surface area (TPSA) is 15.6 Å². The highest BCUT2D eigenvalue weighted by molar-refractivity contribution is 6.11. The van der Waals surface area contributed by atoms with Gasteiger partial charge in [0.25, 0.3) is 0 Å². The van der Waals surface area contributed by atoms with Gasteiger partial charge in [0.15, 0.2) is 0 Å². The molecule has 0 spiro atoms. The normalized spacial score (nSPS) is 19.6. The van der Waals surface area contributed by atoms with E-state index >= 15 is 0 Å². The summed E-state index contributed by atoms with van der Waals surface area (Å²) in [7, 11) is 3.99. The number of hydrogen-bond acceptors (Lipinski definition) is 2. The van der Waals surface area contributed by atoms with Crippen molar-refractivity contribution in [2.24, 2.45) is 4.99 Å². The van der Waals surface area contributed by atoms with Gasteiger partial charge in [-0.25, -0.2) is 0 Å². The molecule has 2 heteroatoms. The van der Waals surface area contributed by atoms with Crippen molar-refractivity contribution in [3.05, 3.63) is 36.5 Å². The van der Waals surface area contributed by atoms with E-state index in [1.165, 1.54) is 0 Å². The first-order chi connectivity index (χ1) is 5.70. The van der Waals surface area contributed by atoms with Crippen LogP contribution in [-0.4, -0.2) is 31.4 Å². The van der Waals surface area contributed by atoms with Crippen molar-refractivity contribution in [3.63, 3.8) is 0 Å². The predicted octanol–water partition coefficient (Wildman–Crippen LogP) is 1.63. The molecule has 64 valence electrons. The molecular formula is C10H14N2. The lowest BCUT2D eigenvalue weighted by atomic mass is 10.1. The average Bonchev–Trinajstić information content (AvgIpc) is 2.03. The molecule has 0 unspecified atom stereocenters. The minimum atomic E-state index is 0.715. The van der Waals surface area contributed by atoms with Gasteiger partial charge in [-0.1, -0.05) is 24.8 Å². The van der Waals surface area contributed by atoms with E-state index in [2.05, 4.69) is 11.6 Å². The number of allylic oxidation sites excluding steroid dienone is 5. The van der Waals surface area contributed by atoms with Gasteiger partial charge in [0.2, 0.25) is 0 Å². The first-order valence-corrected chi connectivity index (χ1v) is 3.93. The highest BCUT2D eigenvalue weighted by Gasteiger charge is 1.99. The number of hydrogen-bond donors (Lipinski definition) is 0. The quantitative estimate of drug-likeness (QED) is 0.602. The highest BCUT2D eigenvalue weighted by Crippen LogP contribution is 2.05. The summed E-state index contributed by atoms with van der Waals surface area (Å²) in [5.41, 5.74) is 1.96. The van der Waals surface area contributed by atoms with E-state index in [-0.39, 0.29) is 0 Å². The standard InChI is InChI=1S/C10H14N2/c1-9-6-4-5-7-10(9)11-8-12(2)3/h4-7H,1,8H2,2-3H3/b11-10+. The predicted molar refractivity (Wildman–Crippen MR) is 53.4 cm³/mol. The molecule has 0 atom stereocenters. The largest absolute Gasteiger partial charge is 0.291 e. The Labute approximate surface area is 73.6 Å². The highest BCUT2D eigenvalue weighted by atomic mass is 15.1. The van der Waals surface area contributed by atoms with Gasteiger partial charge >= 0.3 is 0 Å². The zero-order valence-electron chi connectivity index (χ0n) is 7.62. The fraction of sp³-hybridized carbons (Fsp3) is 0.300. The summed E-state index contributed by atoms with van der Waals surface area (Å²) in [4.78, 5) is 6.39. The van der Waals surface area contributed by atoms with Crippen LogP contribution in [0.5, 0.6) is 0 Å². The van der Waals surface area contributed by atoms with Crippen LogP contribution in [0.15, 0.2) is 41.4 Å². The van der Waals surface area contributed by atoms with Crippen LogP contribution in [0.1, 0.15) is 0 Å². The average molecular weight is 162 g/mol. The second kappa shape index (κ2) is 4.02. The molecule has 0 heterocycles. The monoisotopic (exact) mass is 162 g/mol. The van der Waals surface area contributed by atoms with Crippen LogP contribution < -0.4 is 0 Å². The lowest BCUT2D eigenvalue weighted by molar-refractivity contribution is 0.424. The van der Waals surface area contributed by atoms with Crippen LogP contribution in [0.3, 0.4) is 0 Å². The molecule has 0 saturated carbocycles. The maximum Gasteiger partial charge on any atom is 0.0911 e. The van der Waals surface area contributed by atoms with Crippen LogP contribution in [0.4, 0.5) is 0 Å². The molecule has 0 radical (unpaired) electrons. The van der Waals surface area contributed by atoms with Crippen molar-refractivity contribution in [1.29, 1.82) is 0 Å². The minimum absolute atomic E-state index is 0.715. The minimum Gasteiger partial charge on any atom is -0.291 e. The van der Waals surface area contributed by atoms with E-state index in [9.17, 15) is 0 Å². The third-order valence-corrected chi connectivity index (χ3v) is 1.52. The van der Waals surface area contributed by atoms with Crippen LogP contribution in [-0.2, 0) is 0 Å². The van der Waals surface area contributed by atoms with Crippen LogP contribution in [0, 0.1) is 0 Å². The molecule has 0 aromatic heterocycles. The first-order valence-electron chi connectivity index (χ1n) is 3.93. The molecule has 2 nitrogen and oxygen atoms in total. The Morgan fingerprint density at radius 3 is 2.58 bits per heavy atom. The van der Waals surface area contributed by atoms with Gasteiger partial charge in [-0.2, -0.15) is 0 Å². The van der Waals surface area contributed by atoms with E-state index in [0.717, 1.165) is 11.3 Å². The van der Waals surface area contributed by atoms with Crippen molar-refractivity contribution in [1.82, 2.24) is 4.90 Å². The SMILES string of the molecule is C=C1C=CC=C/C1=N\CN(C)C. The Hall–Kier alpha value is -1.15. The second-order valence-electron chi connectivity index (χ2n) is 3.01. The Kier molecular flexibility index (Phi) is 3.00. The molecule has 0 aromatic rings. The van der Waals surface area contributed by atoms with E-state index in [4.69, 9.17) is 0 Å². The Bertz CT molecular complexity index is 257. The zero-order valence-corrected chi connectivity index (χ0v) is 7.62. The van der Waals surface area contributed by atoms with Gasteiger partial charge in [0, 0.05) is 0 Å². The van der Waals surface area contributed by atoms with E-state index in [1.54, 1.807) is 0 Å². The van der Waals surface area contributed by atoms with Gasteiger partial charge in [-0.3, -0.25) is 9.89 Å². The molecule has 1 aliphatic rings. The molecule has 0 N–H and O–H groups in total. The molecule has 0 bridgehead atoms. The van der Waals surface area contributed by atoms with Crippen LogP contribution >= 0.6 is 0 Å². The summed E-state index contributed by atoms with van der Waals surface area (Å²) in [6.07, 6.45) is 7.89. The van der Waals surface area contributed by atoms with E-state index < -0.39 is 0 Å². The van der Waals surface area contributed by atoms with Gasteiger partial charge in [0.05, 0.1) is 12.4 Å². The Balaban J connectivity index is 2.63. The van der Waals surface area contributed by atoms with E-state index in [1.807, 2.05) is 43.3 Å². The molecule has 1 aliphatic carbocycles. The number of aliphatic imine (C=N–C) groups is 1. The molecule has 0 amide bonds. The first kappa shape index (κ1) is 8.94. The van der Waals surface area contributed by atoms with Gasteiger partial charge < -0.3 is 0 Å². The third kappa shape index (κ3) is 2.47. The molecule has 12 heavy (non-hydrogen) atoms. The van der Waals surface area contributed by atoms with Gasteiger partial charge in [0.1, 0.15) is 0 Å². The van der Waals surface area contributed by atoms with Crippen LogP contribution in [0.2, 0.25) is 0 Å². The van der Waals surface area contributed by atoms with Crippen molar-refractivity contribution in [3.8, 4) is 0 Å². The summed E-state index contributed by atoms with van der Waals surface area (Å²) in [5.74, 6) is 0. The smallest absolute Gasteiger partial charge is 0.0911 e. The van der Waals surface area contributed by atoms with Crippen molar-refractivity contribution in [2.75, 3.05) is 20.8 Å². The van der Waals surface area contributed by atoms with Crippen molar-refractivity contribution < 1.29 is 0 Å². The number of rotatable bonds is 2. The lowest BCUT2D eigenvalue weighted by Gasteiger charge is -2.08. The van der Waals surface area contributed by atoms with Crippen molar-refractivity contribution in [2.45, 2.75) is 0 Å². The second-order valence-corrected chi connectivity index (χ2v) is 3.01. The van der Waals surface area contributed by atoms with Gasteiger partial charge in [-0.15, -0.1) is 0 Å². The molecule has 0 fully saturated rings. The fourth-order valence-corrected chi connectivity index (χ4v) is 0.883.